The number of hydrogen-bond donors (Lipinski definition) is 1. The van der Waals surface area contributed by atoms with Crippen LogP contribution in [0.5, 0.6) is 0 Å². The third-order valence-corrected chi connectivity index (χ3v) is 4.85. The van der Waals surface area contributed by atoms with Gasteiger partial charge in [0.05, 0.1) is 9.73 Å². The van der Waals surface area contributed by atoms with Gasteiger partial charge in [0.2, 0.25) is 0 Å². The van der Waals surface area contributed by atoms with Crippen molar-refractivity contribution in [3.63, 3.8) is 0 Å². The lowest BCUT2D eigenvalue weighted by molar-refractivity contribution is 0.667. The van der Waals surface area contributed by atoms with Crippen molar-refractivity contribution in [3.05, 3.63) is 27.8 Å². The molecule has 0 saturated carbocycles. The van der Waals surface area contributed by atoms with Crippen molar-refractivity contribution in [3.8, 4) is 0 Å². The lowest BCUT2D eigenvalue weighted by atomic mass is 10.4. The maximum atomic E-state index is 11.9. The first-order chi connectivity index (χ1) is 5.94. The minimum absolute atomic E-state index is 0.132. The molecule has 2 nitrogen and oxygen atoms in total. The predicted molar refractivity (Wildman–Crippen MR) is 63.4 cm³/mol. The molecular formula is C9H12INOS. The Morgan fingerprint density at radius 3 is 2.15 bits per heavy atom. The highest BCUT2D eigenvalue weighted by Gasteiger charge is 2.13. The molecule has 0 radical (unpaired) electrons. The summed E-state index contributed by atoms with van der Waals surface area (Å²) in [6.07, 6.45) is 0. The number of rotatable bonds is 2. The van der Waals surface area contributed by atoms with Crippen LogP contribution in [0.3, 0.4) is 0 Å². The molecule has 1 unspecified atom stereocenters. The summed E-state index contributed by atoms with van der Waals surface area (Å²) in [6.45, 7) is 3.63. The fourth-order valence-electron chi connectivity index (χ4n) is 0.909. The third kappa shape index (κ3) is 2.43. The lowest BCUT2D eigenvalue weighted by Crippen LogP contribution is -2.12. The first-order valence-electron chi connectivity index (χ1n) is 3.98. The van der Waals surface area contributed by atoms with Crippen LogP contribution in [-0.2, 0) is 9.73 Å². The van der Waals surface area contributed by atoms with Crippen molar-refractivity contribution in [2.24, 2.45) is 0 Å². The van der Waals surface area contributed by atoms with Gasteiger partial charge in [0.25, 0.3) is 0 Å². The molecule has 0 saturated heterocycles. The molecule has 0 fully saturated rings. The molecule has 1 atom stereocenters. The molecule has 13 heavy (non-hydrogen) atoms. The van der Waals surface area contributed by atoms with E-state index >= 15 is 0 Å². The van der Waals surface area contributed by atoms with Crippen LogP contribution in [0.2, 0.25) is 0 Å². The Morgan fingerprint density at radius 1 is 1.31 bits per heavy atom. The van der Waals surface area contributed by atoms with Crippen LogP contribution in [0.1, 0.15) is 13.8 Å². The maximum absolute atomic E-state index is 11.9. The maximum Gasteiger partial charge on any atom is 0.0749 e. The second-order valence-electron chi connectivity index (χ2n) is 3.10. The fraction of sp³-hybridized carbons (Fsp3) is 0.333. The van der Waals surface area contributed by atoms with Gasteiger partial charge in [-0.05, 0) is 60.7 Å². The molecule has 0 aliphatic rings. The van der Waals surface area contributed by atoms with Gasteiger partial charge in [0, 0.05) is 13.7 Å². The zero-order valence-electron chi connectivity index (χ0n) is 7.58. The Hall–Kier alpha value is -0.100. The smallest absolute Gasteiger partial charge is 0.0749 e. The van der Waals surface area contributed by atoms with Crippen LogP contribution >= 0.6 is 22.6 Å². The van der Waals surface area contributed by atoms with E-state index in [9.17, 15) is 4.21 Å². The lowest BCUT2D eigenvalue weighted by Gasteiger charge is -2.10. The molecule has 0 aliphatic heterocycles. The summed E-state index contributed by atoms with van der Waals surface area (Å²) in [7, 11) is -2.60. The number of benzene rings is 1. The van der Waals surface area contributed by atoms with Crippen LogP contribution in [0.25, 0.3) is 0 Å². The molecule has 0 aliphatic carbocycles. The van der Waals surface area contributed by atoms with Crippen molar-refractivity contribution in [1.82, 2.24) is 0 Å². The summed E-state index contributed by atoms with van der Waals surface area (Å²) in [5.41, 5.74) is 0. The van der Waals surface area contributed by atoms with Gasteiger partial charge >= 0.3 is 0 Å². The largest absolute Gasteiger partial charge is 0.249 e. The van der Waals surface area contributed by atoms with Gasteiger partial charge in [0.15, 0.2) is 0 Å². The van der Waals surface area contributed by atoms with Gasteiger partial charge in [-0.15, -0.1) is 0 Å². The molecule has 1 N–H and O–H groups in total. The van der Waals surface area contributed by atoms with E-state index in [1.807, 2.05) is 26.0 Å². The van der Waals surface area contributed by atoms with E-state index in [-0.39, 0.29) is 5.25 Å². The van der Waals surface area contributed by atoms with Crippen molar-refractivity contribution in [1.29, 1.82) is 4.78 Å². The van der Waals surface area contributed by atoms with Gasteiger partial charge < -0.3 is 0 Å². The van der Waals surface area contributed by atoms with Crippen LogP contribution in [0.4, 0.5) is 0 Å². The molecule has 0 aromatic heterocycles. The summed E-state index contributed by atoms with van der Waals surface area (Å²) >= 11 is 2.19. The first kappa shape index (κ1) is 11.0. The molecule has 4 heteroatoms. The molecule has 0 spiro atoms. The van der Waals surface area contributed by atoms with Crippen molar-refractivity contribution >= 4 is 32.3 Å². The summed E-state index contributed by atoms with van der Waals surface area (Å²) in [5.74, 6) is 0. The highest BCUT2D eigenvalue weighted by Crippen LogP contribution is 2.17. The van der Waals surface area contributed by atoms with E-state index in [2.05, 4.69) is 22.6 Å². The number of hydrogen-bond acceptors (Lipinski definition) is 2. The molecule has 1 aromatic carbocycles. The summed E-state index contributed by atoms with van der Waals surface area (Å²) in [4.78, 5) is 0.628. The summed E-state index contributed by atoms with van der Waals surface area (Å²) < 4.78 is 20.7. The van der Waals surface area contributed by atoms with E-state index < -0.39 is 9.73 Å². The van der Waals surface area contributed by atoms with Crippen LogP contribution < -0.4 is 0 Å². The Morgan fingerprint density at radius 2 is 1.77 bits per heavy atom. The van der Waals surface area contributed by atoms with E-state index in [4.69, 9.17) is 4.78 Å². The fourth-order valence-corrected chi connectivity index (χ4v) is 2.35. The van der Waals surface area contributed by atoms with Crippen LogP contribution in [0.15, 0.2) is 29.2 Å². The SMILES string of the molecule is CC(C)S(=N)(=O)c1ccc(I)cc1. The van der Waals surface area contributed by atoms with Crippen molar-refractivity contribution in [2.45, 2.75) is 24.0 Å². The van der Waals surface area contributed by atoms with Gasteiger partial charge in [-0.2, -0.15) is 0 Å². The normalized spacial score (nSPS) is 15.7. The van der Waals surface area contributed by atoms with Crippen molar-refractivity contribution in [2.75, 3.05) is 0 Å². The van der Waals surface area contributed by atoms with Crippen LogP contribution in [-0.4, -0.2) is 9.46 Å². The predicted octanol–water partition coefficient (Wildman–Crippen LogP) is 3.11. The van der Waals surface area contributed by atoms with Crippen LogP contribution in [0, 0.1) is 8.35 Å². The van der Waals surface area contributed by atoms with Crippen molar-refractivity contribution < 1.29 is 4.21 Å². The summed E-state index contributed by atoms with van der Waals surface area (Å²) in [5, 5.41) is -0.132. The van der Waals surface area contributed by atoms with Gasteiger partial charge in [-0.3, -0.25) is 0 Å². The van der Waals surface area contributed by atoms with E-state index in [1.54, 1.807) is 12.1 Å². The molecule has 0 heterocycles. The molecule has 0 amide bonds. The molecule has 72 valence electrons. The minimum Gasteiger partial charge on any atom is -0.249 e. The first-order valence-corrected chi connectivity index (χ1v) is 6.68. The van der Waals surface area contributed by atoms with E-state index in [0.29, 0.717) is 4.90 Å². The number of halogens is 1. The molecule has 0 bridgehead atoms. The Balaban J connectivity index is 3.17. The Kier molecular flexibility index (Phi) is 3.34. The second-order valence-corrected chi connectivity index (χ2v) is 6.96. The van der Waals surface area contributed by atoms with E-state index in [1.165, 1.54) is 0 Å². The highest BCUT2D eigenvalue weighted by molar-refractivity contribution is 14.1. The molecule has 1 rings (SSSR count). The van der Waals surface area contributed by atoms with Gasteiger partial charge in [-0.25, -0.2) is 8.99 Å². The standard InChI is InChI=1S/C9H12INOS/c1-7(2)13(11,12)9-5-3-8(10)4-6-9/h3-7,11H,1-2H3. The monoisotopic (exact) mass is 309 g/mol. The van der Waals surface area contributed by atoms with E-state index in [0.717, 1.165) is 3.57 Å². The molecular weight excluding hydrogens is 297 g/mol. The highest BCUT2D eigenvalue weighted by atomic mass is 127. The Labute approximate surface area is 92.9 Å². The second kappa shape index (κ2) is 3.96. The zero-order valence-corrected chi connectivity index (χ0v) is 10.6. The zero-order chi connectivity index (χ0) is 10.1. The average molecular weight is 309 g/mol. The average Bonchev–Trinajstić information content (AvgIpc) is 2.04. The number of nitrogens with one attached hydrogen (secondary N) is 1. The molecule has 1 aromatic rings. The topological polar surface area (TPSA) is 40.9 Å². The van der Waals surface area contributed by atoms with Gasteiger partial charge in [-0.1, -0.05) is 0 Å². The van der Waals surface area contributed by atoms with Gasteiger partial charge in [0.1, 0.15) is 0 Å². The quantitative estimate of drug-likeness (QED) is 0.838. The summed E-state index contributed by atoms with van der Waals surface area (Å²) in [6, 6.07) is 7.31. The minimum atomic E-state index is -2.60. The third-order valence-electron chi connectivity index (χ3n) is 1.83. The Bertz CT molecular complexity index is 381.